The molecule has 74 valence electrons. The molecule has 1 aliphatic rings. The zero-order valence-corrected chi connectivity index (χ0v) is 7.25. The smallest absolute Gasteiger partial charge is 0.394 e. The van der Waals surface area contributed by atoms with E-state index in [4.69, 9.17) is 5.11 Å². The van der Waals surface area contributed by atoms with E-state index in [2.05, 4.69) is 10.2 Å². The van der Waals surface area contributed by atoms with Gasteiger partial charge in [0.05, 0.1) is 6.54 Å². The first-order valence-corrected chi connectivity index (χ1v) is 4.07. The van der Waals surface area contributed by atoms with Crippen LogP contribution in [0, 0.1) is 0 Å². The maximum Gasteiger partial charge on any atom is 0.394 e. The predicted octanol–water partition coefficient (Wildman–Crippen LogP) is -1.30. The quantitative estimate of drug-likeness (QED) is 0.521. The Morgan fingerprint density at radius 3 is 2.93 bits per heavy atom. The zero-order valence-electron chi connectivity index (χ0n) is 7.25. The lowest BCUT2D eigenvalue weighted by Gasteiger charge is -2.25. The van der Waals surface area contributed by atoms with Crippen LogP contribution in [0.5, 0.6) is 0 Å². The highest BCUT2D eigenvalue weighted by Gasteiger charge is 2.25. The van der Waals surface area contributed by atoms with Gasteiger partial charge in [-0.25, -0.2) is 4.79 Å². The molecule has 1 aromatic heterocycles. The number of amides is 1. The molecular weight excluding hydrogens is 188 g/mol. The molecule has 0 aromatic carbocycles. The lowest BCUT2D eigenvalue weighted by atomic mass is 10.3. The van der Waals surface area contributed by atoms with E-state index >= 15 is 0 Å². The number of hydrogen-bond donors (Lipinski definition) is 1. The van der Waals surface area contributed by atoms with Crippen molar-refractivity contribution in [1.82, 2.24) is 19.7 Å². The van der Waals surface area contributed by atoms with Crippen molar-refractivity contribution in [3.8, 4) is 0 Å². The first kappa shape index (κ1) is 8.67. The van der Waals surface area contributed by atoms with E-state index in [0.717, 1.165) is 0 Å². The molecular formula is C7H8N4O3. The monoisotopic (exact) mass is 196 g/mol. The van der Waals surface area contributed by atoms with Gasteiger partial charge >= 0.3 is 11.9 Å². The van der Waals surface area contributed by atoms with Crippen LogP contribution in [0.1, 0.15) is 5.82 Å². The third kappa shape index (κ3) is 1.32. The van der Waals surface area contributed by atoms with Crippen LogP contribution in [0.4, 0.5) is 0 Å². The van der Waals surface area contributed by atoms with Gasteiger partial charge in [-0.2, -0.15) is 0 Å². The maximum absolute atomic E-state index is 11.1. The Morgan fingerprint density at radius 2 is 2.21 bits per heavy atom. The molecule has 1 aromatic rings. The topological polar surface area (TPSA) is 88.3 Å². The average Bonchev–Trinajstić information content (AvgIpc) is 2.62. The summed E-state index contributed by atoms with van der Waals surface area (Å²) in [7, 11) is 0. The van der Waals surface area contributed by atoms with E-state index in [1.807, 2.05) is 0 Å². The Hall–Kier alpha value is -1.92. The van der Waals surface area contributed by atoms with Crippen molar-refractivity contribution < 1.29 is 14.7 Å². The van der Waals surface area contributed by atoms with Crippen molar-refractivity contribution in [3.63, 3.8) is 0 Å². The van der Waals surface area contributed by atoms with Crippen LogP contribution in [0.25, 0.3) is 0 Å². The molecule has 14 heavy (non-hydrogen) atoms. The van der Waals surface area contributed by atoms with Gasteiger partial charge in [-0.3, -0.25) is 4.79 Å². The number of nitrogens with zero attached hydrogens (tertiary/aromatic N) is 4. The summed E-state index contributed by atoms with van der Waals surface area (Å²) in [5.41, 5.74) is 0. The molecule has 0 unspecified atom stereocenters. The lowest BCUT2D eigenvalue weighted by molar-refractivity contribution is -0.156. The molecule has 7 heteroatoms. The van der Waals surface area contributed by atoms with Gasteiger partial charge in [-0.15, -0.1) is 10.2 Å². The molecule has 2 rings (SSSR count). The van der Waals surface area contributed by atoms with Crippen LogP contribution in [0.15, 0.2) is 6.33 Å². The number of carboxylic acid groups (broad SMARTS) is 1. The van der Waals surface area contributed by atoms with E-state index in [1.165, 1.54) is 4.90 Å². The molecule has 0 atom stereocenters. The minimum Gasteiger partial charge on any atom is -0.474 e. The van der Waals surface area contributed by atoms with E-state index in [-0.39, 0.29) is 6.54 Å². The Kier molecular flexibility index (Phi) is 1.91. The predicted molar refractivity (Wildman–Crippen MR) is 43.1 cm³/mol. The van der Waals surface area contributed by atoms with Crippen molar-refractivity contribution >= 4 is 11.9 Å². The van der Waals surface area contributed by atoms with Gasteiger partial charge in [0.25, 0.3) is 0 Å². The second-order valence-corrected chi connectivity index (χ2v) is 2.97. The average molecular weight is 196 g/mol. The van der Waals surface area contributed by atoms with E-state index in [0.29, 0.717) is 18.9 Å². The van der Waals surface area contributed by atoms with Crippen molar-refractivity contribution in [3.05, 3.63) is 12.2 Å². The number of carbonyl (C=O) groups is 2. The molecule has 0 aliphatic carbocycles. The SMILES string of the molecule is O=C(O)C(=O)N1CCn2cnnc2C1. The second kappa shape index (κ2) is 3.09. The molecule has 2 heterocycles. The Balaban J connectivity index is 2.15. The van der Waals surface area contributed by atoms with Gasteiger partial charge in [0.1, 0.15) is 6.33 Å². The number of carboxylic acids is 1. The first-order chi connectivity index (χ1) is 6.68. The molecule has 7 nitrogen and oxygen atoms in total. The molecule has 1 N–H and O–H groups in total. The Morgan fingerprint density at radius 1 is 1.43 bits per heavy atom. The summed E-state index contributed by atoms with van der Waals surface area (Å²) in [4.78, 5) is 22.8. The van der Waals surface area contributed by atoms with Crippen LogP contribution < -0.4 is 0 Å². The number of carbonyl (C=O) groups excluding carboxylic acids is 1. The molecule has 0 saturated carbocycles. The van der Waals surface area contributed by atoms with Crippen molar-refractivity contribution in [2.75, 3.05) is 6.54 Å². The third-order valence-corrected chi connectivity index (χ3v) is 2.11. The number of hydrogen-bond acceptors (Lipinski definition) is 4. The third-order valence-electron chi connectivity index (χ3n) is 2.11. The minimum absolute atomic E-state index is 0.213. The zero-order chi connectivity index (χ0) is 10.1. The van der Waals surface area contributed by atoms with E-state index < -0.39 is 11.9 Å². The van der Waals surface area contributed by atoms with E-state index in [1.54, 1.807) is 10.9 Å². The highest BCUT2D eigenvalue weighted by Crippen LogP contribution is 2.08. The Bertz CT molecular complexity index is 386. The van der Waals surface area contributed by atoms with Crippen LogP contribution >= 0.6 is 0 Å². The van der Waals surface area contributed by atoms with Gasteiger partial charge < -0.3 is 14.6 Å². The highest BCUT2D eigenvalue weighted by atomic mass is 16.4. The summed E-state index contributed by atoms with van der Waals surface area (Å²) in [6, 6.07) is 0. The van der Waals surface area contributed by atoms with Crippen molar-refractivity contribution in [2.45, 2.75) is 13.1 Å². The second-order valence-electron chi connectivity index (χ2n) is 2.97. The molecule has 1 amide bonds. The standard InChI is InChI=1S/C7H8N4O3/c12-6(7(13)14)10-1-2-11-4-8-9-5(11)3-10/h4H,1-3H2,(H,13,14). The Labute approximate surface area is 79.0 Å². The number of rotatable bonds is 0. The molecule has 1 aliphatic heterocycles. The lowest BCUT2D eigenvalue weighted by Crippen LogP contribution is -2.41. The minimum atomic E-state index is -1.43. The molecule has 0 spiro atoms. The highest BCUT2D eigenvalue weighted by molar-refractivity contribution is 6.31. The van der Waals surface area contributed by atoms with Gasteiger partial charge in [0, 0.05) is 13.1 Å². The van der Waals surface area contributed by atoms with Crippen LogP contribution in [0.3, 0.4) is 0 Å². The summed E-state index contributed by atoms with van der Waals surface area (Å²) in [6.07, 6.45) is 1.57. The van der Waals surface area contributed by atoms with E-state index in [9.17, 15) is 9.59 Å². The summed E-state index contributed by atoms with van der Waals surface area (Å²) in [5.74, 6) is -1.71. The van der Waals surface area contributed by atoms with Gasteiger partial charge in [0.2, 0.25) is 0 Å². The van der Waals surface area contributed by atoms with Gasteiger partial charge in [-0.05, 0) is 0 Å². The van der Waals surface area contributed by atoms with Crippen molar-refractivity contribution in [1.29, 1.82) is 0 Å². The van der Waals surface area contributed by atoms with Gasteiger partial charge in [0.15, 0.2) is 5.82 Å². The normalized spacial score (nSPS) is 15.0. The van der Waals surface area contributed by atoms with Crippen LogP contribution in [-0.4, -0.2) is 43.2 Å². The molecule has 0 fully saturated rings. The van der Waals surface area contributed by atoms with Crippen molar-refractivity contribution in [2.24, 2.45) is 0 Å². The molecule has 0 bridgehead atoms. The van der Waals surface area contributed by atoms with Crippen LogP contribution in [-0.2, 0) is 22.7 Å². The number of fused-ring (bicyclic) bond motifs is 1. The fourth-order valence-electron chi connectivity index (χ4n) is 1.37. The largest absolute Gasteiger partial charge is 0.474 e. The molecule has 0 saturated heterocycles. The summed E-state index contributed by atoms with van der Waals surface area (Å²) < 4.78 is 1.80. The molecule has 0 radical (unpaired) electrons. The summed E-state index contributed by atoms with van der Waals surface area (Å²) in [5, 5.41) is 15.9. The number of aromatic nitrogens is 3. The van der Waals surface area contributed by atoms with Crippen LogP contribution in [0.2, 0.25) is 0 Å². The summed E-state index contributed by atoms with van der Waals surface area (Å²) in [6.45, 7) is 1.14. The fourth-order valence-corrected chi connectivity index (χ4v) is 1.37. The summed E-state index contributed by atoms with van der Waals surface area (Å²) >= 11 is 0. The fraction of sp³-hybridized carbons (Fsp3) is 0.429. The van der Waals surface area contributed by atoms with Gasteiger partial charge in [-0.1, -0.05) is 0 Å². The number of aliphatic carboxylic acids is 1. The first-order valence-electron chi connectivity index (χ1n) is 4.07. The maximum atomic E-state index is 11.1.